The molecule has 0 saturated carbocycles. The van der Waals surface area contributed by atoms with Gasteiger partial charge in [-0.05, 0) is 80.0 Å². The summed E-state index contributed by atoms with van der Waals surface area (Å²) in [6, 6.07) is 10.2. The predicted octanol–water partition coefficient (Wildman–Crippen LogP) is 1.99. The molecule has 0 spiro atoms. The number of nitrogens with zero attached hydrogens (tertiary/aromatic N) is 10. The first-order valence-electron chi connectivity index (χ1n) is 21.4. The van der Waals surface area contributed by atoms with Crippen molar-refractivity contribution >= 4 is 58.5 Å². The molecule has 0 radical (unpaired) electrons. The first-order chi connectivity index (χ1) is 29.5. The summed E-state index contributed by atoms with van der Waals surface area (Å²) in [7, 11) is 1.80. The molecule has 4 N–H and O–H groups in total. The van der Waals surface area contributed by atoms with E-state index in [1.165, 1.54) is 6.07 Å². The number of fused-ring (bicyclic) bond motifs is 1. The Balaban J connectivity index is 0.761. The van der Waals surface area contributed by atoms with Crippen LogP contribution in [0.25, 0.3) is 0 Å². The number of carbonyl (C=O) groups is 5. The molecule has 0 bridgehead atoms. The number of piperidine rings is 3. The second kappa shape index (κ2) is 16.7. The third-order valence-corrected chi connectivity index (χ3v) is 13.2. The monoisotopic (exact) mass is 837 g/mol. The van der Waals surface area contributed by atoms with E-state index in [0.717, 1.165) is 69.7 Å². The van der Waals surface area contributed by atoms with Gasteiger partial charge in [0.1, 0.15) is 11.9 Å². The van der Waals surface area contributed by atoms with Crippen molar-refractivity contribution in [1.82, 2.24) is 40.1 Å². The molecule has 61 heavy (non-hydrogen) atoms. The lowest BCUT2D eigenvalue weighted by atomic mass is 9.95. The average molecular weight is 838 g/mol. The van der Waals surface area contributed by atoms with Crippen LogP contribution in [0, 0.1) is 11.7 Å². The highest BCUT2D eigenvalue weighted by molar-refractivity contribution is 6.05. The molecule has 1 unspecified atom stereocenters. The molecule has 322 valence electrons. The number of halogens is 1. The Morgan fingerprint density at radius 1 is 0.869 bits per heavy atom. The predicted molar refractivity (Wildman–Crippen MR) is 224 cm³/mol. The van der Waals surface area contributed by atoms with Crippen LogP contribution >= 0.6 is 0 Å². The fraction of sp³-hybridized carbons (Fsp3) is 0.524. The highest BCUT2D eigenvalue weighted by Crippen LogP contribution is 2.33. The van der Waals surface area contributed by atoms with E-state index in [1.807, 2.05) is 21.9 Å². The lowest BCUT2D eigenvalue weighted by Crippen LogP contribution is -2.52. The minimum atomic E-state index is -0.809. The third kappa shape index (κ3) is 8.22. The van der Waals surface area contributed by atoms with Gasteiger partial charge in [-0.15, -0.1) is 10.2 Å². The lowest BCUT2D eigenvalue weighted by molar-refractivity contribution is -0.136. The number of hydrogen-bond acceptors (Lipinski definition) is 13. The number of benzene rings is 2. The quantitative estimate of drug-likeness (QED) is 0.251. The smallest absolute Gasteiger partial charge is 0.320 e. The van der Waals surface area contributed by atoms with Crippen LogP contribution in [0.5, 0.6) is 0 Å². The van der Waals surface area contributed by atoms with Gasteiger partial charge in [-0.25, -0.2) is 9.18 Å². The van der Waals surface area contributed by atoms with Gasteiger partial charge in [-0.2, -0.15) is 4.98 Å². The summed E-state index contributed by atoms with van der Waals surface area (Å²) >= 11 is 0. The van der Waals surface area contributed by atoms with Crippen LogP contribution in [0.1, 0.15) is 64.9 Å². The number of primary amides is 1. The number of anilines is 5. The molecule has 19 heteroatoms. The molecular weight excluding hydrogens is 786 g/mol. The van der Waals surface area contributed by atoms with E-state index in [9.17, 15) is 24.0 Å². The van der Waals surface area contributed by atoms with E-state index in [-0.39, 0.29) is 41.8 Å². The zero-order valence-electron chi connectivity index (χ0n) is 34.4. The summed E-state index contributed by atoms with van der Waals surface area (Å²) in [6.45, 7) is 8.73. The number of amides is 6. The van der Waals surface area contributed by atoms with Crippen LogP contribution in [0.3, 0.4) is 0 Å². The topological polar surface area (TPSA) is 197 Å². The third-order valence-electron chi connectivity index (χ3n) is 13.2. The molecule has 6 aliphatic heterocycles. The Hall–Kier alpha value is -6.11. The second-order valence-corrected chi connectivity index (χ2v) is 17.1. The number of nitrogens with one attached hydrogen (secondary N) is 2. The summed E-state index contributed by atoms with van der Waals surface area (Å²) in [6.07, 6.45) is 4.37. The molecule has 0 aliphatic carbocycles. The summed E-state index contributed by atoms with van der Waals surface area (Å²) in [4.78, 5) is 80.9. The van der Waals surface area contributed by atoms with Crippen LogP contribution in [-0.4, -0.2) is 156 Å². The van der Waals surface area contributed by atoms with Crippen LogP contribution in [0.2, 0.25) is 0 Å². The number of piperazine rings is 1. The molecule has 5 saturated heterocycles. The Bertz CT molecular complexity index is 2230. The molecular formula is C42H52FN13O5. The van der Waals surface area contributed by atoms with Crippen molar-refractivity contribution in [2.75, 3.05) is 99.1 Å². The van der Waals surface area contributed by atoms with Gasteiger partial charge < -0.3 is 40.4 Å². The van der Waals surface area contributed by atoms with Gasteiger partial charge in [0.05, 0.1) is 11.7 Å². The second-order valence-electron chi connectivity index (χ2n) is 17.1. The summed E-state index contributed by atoms with van der Waals surface area (Å²) < 4.78 is 15.8. The molecule has 1 aromatic heterocycles. The van der Waals surface area contributed by atoms with Gasteiger partial charge in [0.2, 0.25) is 17.8 Å². The largest absolute Gasteiger partial charge is 0.372 e. The van der Waals surface area contributed by atoms with Crippen molar-refractivity contribution in [1.29, 1.82) is 0 Å². The molecule has 3 aromatic rings. The number of hydrogen-bond donors (Lipinski definition) is 3. The van der Waals surface area contributed by atoms with Crippen LogP contribution in [0.15, 0.2) is 36.4 Å². The maximum absolute atomic E-state index is 15.8. The minimum Gasteiger partial charge on any atom is -0.372 e. The van der Waals surface area contributed by atoms with Crippen molar-refractivity contribution in [2.24, 2.45) is 11.7 Å². The summed E-state index contributed by atoms with van der Waals surface area (Å²) in [5, 5.41) is 13.7. The van der Waals surface area contributed by atoms with E-state index in [1.54, 1.807) is 29.0 Å². The molecule has 9 rings (SSSR count). The van der Waals surface area contributed by atoms with E-state index in [0.29, 0.717) is 81.0 Å². The van der Waals surface area contributed by atoms with Gasteiger partial charge >= 0.3 is 6.03 Å². The summed E-state index contributed by atoms with van der Waals surface area (Å²) in [5.41, 5.74) is 9.00. The van der Waals surface area contributed by atoms with Gasteiger partial charge in [0.15, 0.2) is 11.5 Å². The highest BCUT2D eigenvalue weighted by atomic mass is 19.1. The molecule has 5 fully saturated rings. The SMILES string of the molecule is CN1CCN([C@@H]2CCCN(c3nnc(C(N)=O)c(Nc4ccc(N5CCN(CC6CCN(c7ccc8c(c7)CN(C7CCC(=O)NC7=O)C8=O)CC6)CC5)c(F)c4)n3)C2)C1=O. The van der Waals surface area contributed by atoms with Crippen molar-refractivity contribution in [3.63, 3.8) is 0 Å². The Labute approximate surface area is 353 Å². The number of likely N-dealkylation sites (N-methyl/N-ethyl adjacent to an activating group) is 1. The molecule has 6 aliphatic rings. The van der Waals surface area contributed by atoms with E-state index < -0.39 is 23.7 Å². The number of carbonyl (C=O) groups excluding carboxylic acids is 5. The number of imide groups is 1. The maximum atomic E-state index is 15.8. The fourth-order valence-corrected chi connectivity index (χ4v) is 9.75. The van der Waals surface area contributed by atoms with Crippen LogP contribution in [-0.2, 0) is 16.1 Å². The van der Waals surface area contributed by atoms with Gasteiger partial charge in [-0.1, -0.05) is 0 Å². The molecule has 18 nitrogen and oxygen atoms in total. The fourth-order valence-electron chi connectivity index (χ4n) is 9.75. The maximum Gasteiger partial charge on any atom is 0.320 e. The Kier molecular flexibility index (Phi) is 11.1. The Morgan fingerprint density at radius 3 is 2.39 bits per heavy atom. The van der Waals surface area contributed by atoms with Gasteiger partial charge in [0, 0.05) is 109 Å². The number of aromatic nitrogens is 3. The first kappa shape index (κ1) is 40.3. The number of rotatable bonds is 10. The average Bonchev–Trinajstić information content (AvgIpc) is 3.77. The molecule has 2 aromatic carbocycles. The zero-order chi connectivity index (χ0) is 42.4. The van der Waals surface area contributed by atoms with Crippen molar-refractivity contribution in [3.05, 3.63) is 59.0 Å². The standard InChI is InChI=1S/C42H52FN13O5/c1-50-15-20-55(42(50)61)30-3-2-12-54(25-30)41-47-38(36(37(44)58)48-49-41)45-28-4-7-33(32(43)22-28)53-18-16-51(17-19-53)23-26-10-13-52(14-11-26)29-5-6-31-27(21-29)24-56(40(31)60)34-8-9-35(57)46-39(34)59/h4-7,21-22,26,30,34H,2-3,8-20,23-25H2,1H3,(H2,44,58)(H,45,47,49)(H,46,57,59)/t30-,34?/m1/s1. The van der Waals surface area contributed by atoms with Gasteiger partial charge in [0.25, 0.3) is 11.8 Å². The van der Waals surface area contributed by atoms with E-state index >= 15 is 4.39 Å². The number of urea groups is 1. The molecule has 2 atom stereocenters. The molecule has 6 amide bonds. The van der Waals surface area contributed by atoms with Crippen molar-refractivity contribution < 1.29 is 28.4 Å². The normalized spacial score (nSPS) is 22.9. The van der Waals surface area contributed by atoms with Crippen molar-refractivity contribution in [3.8, 4) is 0 Å². The molecule has 7 heterocycles. The van der Waals surface area contributed by atoms with Gasteiger partial charge in [-0.3, -0.25) is 29.4 Å². The van der Waals surface area contributed by atoms with E-state index in [4.69, 9.17) is 5.73 Å². The first-order valence-corrected chi connectivity index (χ1v) is 21.4. The van der Waals surface area contributed by atoms with Crippen molar-refractivity contribution in [2.45, 2.75) is 57.2 Å². The number of nitrogens with two attached hydrogens (primary N) is 1. The van der Waals surface area contributed by atoms with E-state index in [2.05, 4.69) is 46.6 Å². The van der Waals surface area contributed by atoms with Crippen LogP contribution < -0.4 is 31.1 Å². The highest BCUT2D eigenvalue weighted by Gasteiger charge is 2.40. The summed E-state index contributed by atoms with van der Waals surface area (Å²) in [5.74, 6) is -1.13. The minimum absolute atomic E-state index is 0.00581. The Morgan fingerprint density at radius 2 is 1.67 bits per heavy atom. The lowest BCUT2D eigenvalue weighted by Gasteiger charge is -2.40. The zero-order valence-corrected chi connectivity index (χ0v) is 34.4. The van der Waals surface area contributed by atoms with Crippen LogP contribution in [0.4, 0.5) is 38.0 Å².